The van der Waals surface area contributed by atoms with E-state index < -0.39 is 6.80 Å². The van der Waals surface area contributed by atoms with Gasteiger partial charge < -0.3 is 20.8 Å². The zero-order valence-corrected chi connectivity index (χ0v) is 11.2. The van der Waals surface area contributed by atoms with Crippen molar-refractivity contribution in [2.24, 2.45) is 5.73 Å². The van der Waals surface area contributed by atoms with Crippen molar-refractivity contribution in [1.82, 2.24) is 5.32 Å². The number of nitrogens with two attached hydrogens (primary N) is 1. The molecule has 0 heterocycles. The lowest BCUT2D eigenvalue weighted by Crippen LogP contribution is -2.20. The molecule has 0 aliphatic carbocycles. The van der Waals surface area contributed by atoms with Crippen molar-refractivity contribution >= 4 is 18.2 Å². The minimum Gasteiger partial charge on any atom is -0.330 e. The number of hydrogen-bond donors (Lipinski definition) is 4. The predicted octanol–water partition coefficient (Wildman–Crippen LogP) is 1.17. The second-order valence-corrected chi connectivity index (χ2v) is 6.77. The number of hydrogen-bond acceptors (Lipinski definition) is 4. The van der Waals surface area contributed by atoms with E-state index in [-0.39, 0.29) is 0 Å². The van der Waals surface area contributed by atoms with Crippen molar-refractivity contribution in [3.63, 3.8) is 0 Å². The Morgan fingerprint density at radius 3 is 2.27 bits per heavy atom. The minimum atomic E-state index is -3.87. The molecule has 0 saturated carbocycles. The van der Waals surface area contributed by atoms with Gasteiger partial charge in [-0.15, -0.1) is 0 Å². The highest BCUT2D eigenvalue weighted by atomic mass is 32.7. The summed E-state index contributed by atoms with van der Waals surface area (Å²) in [4.78, 5) is 16.9. The summed E-state index contributed by atoms with van der Waals surface area (Å²) in [5.74, 6) is 0.425. The first kappa shape index (κ1) is 17.8. The summed E-state index contributed by atoms with van der Waals surface area (Å²) >= 11 is 0.665. The van der Waals surface area contributed by atoms with Gasteiger partial charge in [-0.2, -0.15) is 0 Å². The molecule has 0 aromatic rings. The monoisotopic (exact) mass is 258 g/mol. The van der Waals surface area contributed by atoms with E-state index in [0.29, 0.717) is 30.2 Å². The molecule has 0 aromatic carbocycles. The highest BCUT2D eigenvalue weighted by Crippen LogP contribution is 2.49. The second-order valence-electron chi connectivity index (χ2n) is 2.92. The molecule has 0 atom stereocenters. The van der Waals surface area contributed by atoms with E-state index in [4.69, 9.17) is 15.5 Å². The molecule has 0 spiro atoms. The third kappa shape index (κ3) is 25.1. The molecular formula is C8H23N2O3PS. The summed E-state index contributed by atoms with van der Waals surface area (Å²) in [5.41, 5.74) is 5.24. The first-order valence-corrected chi connectivity index (χ1v) is 8.29. The fourth-order valence-corrected chi connectivity index (χ4v) is 2.05. The Labute approximate surface area is 96.1 Å². The average molecular weight is 258 g/mol. The van der Waals surface area contributed by atoms with Crippen LogP contribution in [0.3, 0.4) is 0 Å². The van der Waals surface area contributed by atoms with Crippen LogP contribution in [0.4, 0.5) is 0 Å². The van der Waals surface area contributed by atoms with Gasteiger partial charge in [-0.05, 0) is 30.9 Å². The quantitative estimate of drug-likeness (QED) is 0.404. The van der Waals surface area contributed by atoms with Crippen molar-refractivity contribution in [3.05, 3.63) is 0 Å². The van der Waals surface area contributed by atoms with Crippen LogP contribution in [0.5, 0.6) is 0 Å². The summed E-state index contributed by atoms with van der Waals surface area (Å²) < 4.78 is 10.3. The van der Waals surface area contributed by atoms with Crippen LogP contribution in [0.2, 0.25) is 0 Å². The summed E-state index contributed by atoms with van der Waals surface area (Å²) in [6, 6.07) is 0. The zero-order valence-electron chi connectivity index (χ0n) is 9.48. The molecule has 0 saturated heterocycles. The van der Waals surface area contributed by atoms with Gasteiger partial charge in [0.1, 0.15) is 0 Å². The highest BCUT2D eigenvalue weighted by molar-refractivity contribution is 8.54. The van der Waals surface area contributed by atoms with E-state index in [9.17, 15) is 4.57 Å². The molecule has 15 heavy (non-hydrogen) atoms. The standard InChI is InChI=1S/C5H15N2O3PS.C3H8/c6-2-1-3-7-4-5-12-11(8,9)10;1-3-2/h7H,1-6H2,(H2,8,9,10);3H2,1-2H3. The van der Waals surface area contributed by atoms with Crippen molar-refractivity contribution in [1.29, 1.82) is 0 Å². The third-order valence-corrected chi connectivity index (χ3v) is 3.38. The van der Waals surface area contributed by atoms with Crippen LogP contribution < -0.4 is 11.1 Å². The molecule has 0 amide bonds. The smallest absolute Gasteiger partial charge is 0.330 e. The maximum absolute atomic E-state index is 10.3. The summed E-state index contributed by atoms with van der Waals surface area (Å²) in [5, 5.41) is 3.01. The molecule has 0 fully saturated rings. The van der Waals surface area contributed by atoms with E-state index in [0.717, 1.165) is 13.0 Å². The molecule has 7 heteroatoms. The fourth-order valence-electron chi connectivity index (χ4n) is 0.589. The van der Waals surface area contributed by atoms with Crippen LogP contribution in [0.1, 0.15) is 26.7 Å². The largest absolute Gasteiger partial charge is 0.384 e. The summed E-state index contributed by atoms with van der Waals surface area (Å²) in [7, 11) is 0. The summed E-state index contributed by atoms with van der Waals surface area (Å²) in [6.45, 7) is 2.43. The van der Waals surface area contributed by atoms with Gasteiger partial charge in [-0.3, -0.25) is 0 Å². The minimum absolute atomic E-state index is 0.425. The van der Waals surface area contributed by atoms with Crippen LogP contribution in [0.15, 0.2) is 0 Å². The molecule has 0 bridgehead atoms. The topological polar surface area (TPSA) is 95.6 Å². The van der Waals surface area contributed by atoms with E-state index >= 15 is 0 Å². The second kappa shape index (κ2) is 12.5. The predicted molar refractivity (Wildman–Crippen MR) is 67.0 cm³/mol. The van der Waals surface area contributed by atoms with Gasteiger partial charge in [0.15, 0.2) is 0 Å². The molecule has 0 aliphatic heterocycles. The Balaban J connectivity index is 0. The number of rotatable bonds is 7. The Bertz CT molecular complexity index is 166. The van der Waals surface area contributed by atoms with Crippen molar-refractivity contribution in [3.8, 4) is 0 Å². The Morgan fingerprint density at radius 1 is 1.33 bits per heavy atom. The molecular weight excluding hydrogens is 235 g/mol. The molecule has 0 aromatic heterocycles. The molecule has 5 nitrogen and oxygen atoms in total. The van der Waals surface area contributed by atoms with E-state index in [1.165, 1.54) is 6.42 Å². The molecule has 0 radical (unpaired) electrons. The van der Waals surface area contributed by atoms with Crippen molar-refractivity contribution in [2.45, 2.75) is 26.7 Å². The van der Waals surface area contributed by atoms with Gasteiger partial charge in [0.25, 0.3) is 0 Å². The fraction of sp³-hybridized carbons (Fsp3) is 1.00. The van der Waals surface area contributed by atoms with Gasteiger partial charge in [0.05, 0.1) is 0 Å². The van der Waals surface area contributed by atoms with Crippen LogP contribution >= 0.6 is 18.2 Å². The first-order valence-electron chi connectivity index (χ1n) is 5.08. The number of nitrogens with one attached hydrogen (secondary N) is 1. The van der Waals surface area contributed by atoms with Crippen molar-refractivity contribution in [2.75, 3.05) is 25.4 Å². The average Bonchev–Trinajstić information content (AvgIpc) is 2.11. The van der Waals surface area contributed by atoms with Crippen LogP contribution in [-0.2, 0) is 4.57 Å². The lowest BCUT2D eigenvalue weighted by atomic mass is 10.4. The van der Waals surface area contributed by atoms with Crippen LogP contribution in [0.25, 0.3) is 0 Å². The molecule has 0 unspecified atom stereocenters. The zero-order chi connectivity index (χ0) is 12.2. The van der Waals surface area contributed by atoms with Crippen LogP contribution in [0, 0.1) is 0 Å². The Morgan fingerprint density at radius 2 is 1.87 bits per heavy atom. The van der Waals surface area contributed by atoms with Gasteiger partial charge in [-0.1, -0.05) is 20.3 Å². The molecule has 94 valence electrons. The Kier molecular flexibility index (Phi) is 14.8. The van der Waals surface area contributed by atoms with Gasteiger partial charge in [0.2, 0.25) is 0 Å². The van der Waals surface area contributed by atoms with Gasteiger partial charge in [0, 0.05) is 12.3 Å². The SMILES string of the molecule is CCC.NCCCNCCSP(=O)(O)O. The lowest BCUT2D eigenvalue weighted by molar-refractivity contribution is 0.397. The van der Waals surface area contributed by atoms with E-state index in [1.54, 1.807) is 0 Å². The molecule has 0 aliphatic rings. The highest BCUT2D eigenvalue weighted by Gasteiger charge is 2.11. The van der Waals surface area contributed by atoms with E-state index in [2.05, 4.69) is 19.2 Å². The van der Waals surface area contributed by atoms with E-state index in [1.807, 2.05) is 0 Å². The van der Waals surface area contributed by atoms with Crippen molar-refractivity contribution < 1.29 is 14.4 Å². The third-order valence-electron chi connectivity index (χ3n) is 1.10. The molecule has 5 N–H and O–H groups in total. The van der Waals surface area contributed by atoms with Crippen LogP contribution in [-0.4, -0.2) is 35.2 Å². The maximum Gasteiger partial charge on any atom is 0.384 e. The summed E-state index contributed by atoms with van der Waals surface area (Å²) in [6.07, 6.45) is 2.14. The first-order chi connectivity index (χ1) is 6.97. The van der Waals surface area contributed by atoms with Gasteiger partial charge in [-0.25, -0.2) is 4.57 Å². The molecule has 0 rings (SSSR count). The lowest BCUT2D eigenvalue weighted by Gasteiger charge is -2.04. The maximum atomic E-state index is 10.3. The normalized spacial score (nSPS) is 10.7. The van der Waals surface area contributed by atoms with Gasteiger partial charge >= 0.3 is 6.80 Å². The Hall–Kier alpha value is 0.420.